The lowest BCUT2D eigenvalue weighted by Crippen LogP contribution is -2.46. The molecule has 0 saturated heterocycles. The fourth-order valence-electron chi connectivity index (χ4n) is 2.95. The Morgan fingerprint density at radius 1 is 1.21 bits per heavy atom. The van der Waals surface area contributed by atoms with Gasteiger partial charge in [-0.05, 0) is 30.4 Å². The second-order valence-electron chi connectivity index (χ2n) is 6.55. The van der Waals surface area contributed by atoms with Crippen molar-refractivity contribution in [3.05, 3.63) is 35.4 Å². The van der Waals surface area contributed by atoms with Crippen molar-refractivity contribution in [1.82, 2.24) is 15.5 Å². The van der Waals surface area contributed by atoms with Crippen LogP contribution in [0, 0.1) is 0 Å². The monoisotopic (exact) mass is 330 g/mol. The van der Waals surface area contributed by atoms with E-state index < -0.39 is 0 Å². The minimum absolute atomic E-state index is 0.0462. The number of benzene rings is 1. The van der Waals surface area contributed by atoms with Crippen molar-refractivity contribution in [2.45, 2.75) is 51.6 Å². The van der Waals surface area contributed by atoms with E-state index in [4.69, 9.17) is 4.99 Å². The van der Waals surface area contributed by atoms with Gasteiger partial charge in [0.25, 0.3) is 0 Å². The van der Waals surface area contributed by atoms with E-state index in [0.29, 0.717) is 12.6 Å². The molecule has 1 aliphatic carbocycles. The largest absolute Gasteiger partial charge is 0.354 e. The molecule has 0 unspecified atom stereocenters. The van der Waals surface area contributed by atoms with Crippen LogP contribution in [0.3, 0.4) is 0 Å². The van der Waals surface area contributed by atoms with Crippen LogP contribution in [0.5, 0.6) is 0 Å². The van der Waals surface area contributed by atoms with E-state index in [9.17, 15) is 4.79 Å². The normalized spacial score (nSPS) is 15.4. The highest BCUT2D eigenvalue weighted by Gasteiger charge is 2.16. The van der Waals surface area contributed by atoms with Gasteiger partial charge in [-0.15, -0.1) is 0 Å². The van der Waals surface area contributed by atoms with Gasteiger partial charge in [0.15, 0.2) is 5.96 Å². The van der Waals surface area contributed by atoms with Gasteiger partial charge >= 0.3 is 0 Å². The van der Waals surface area contributed by atoms with Crippen molar-refractivity contribution < 1.29 is 4.79 Å². The first kappa shape index (κ1) is 18.3. The summed E-state index contributed by atoms with van der Waals surface area (Å²) in [7, 11) is 3.53. The third-order valence-corrected chi connectivity index (χ3v) is 4.51. The van der Waals surface area contributed by atoms with Crippen molar-refractivity contribution in [1.29, 1.82) is 0 Å². The van der Waals surface area contributed by atoms with Gasteiger partial charge in [0, 0.05) is 20.1 Å². The standard InChI is InChI=1S/C19H30N4O/c1-4-15-9-5-6-10-16(15)13-20-19(21-14-18(24)23(2)3)22-17-11-7-8-12-17/h5-6,9-10,17H,4,7-8,11-14H2,1-3H3,(H2,20,21,22). The first-order chi connectivity index (χ1) is 11.6. The van der Waals surface area contributed by atoms with Crippen LogP contribution in [0.1, 0.15) is 43.7 Å². The number of aryl methyl sites for hydroxylation is 1. The number of aliphatic imine (C=N–C) groups is 1. The number of rotatable bonds is 6. The lowest BCUT2D eigenvalue weighted by atomic mass is 10.1. The van der Waals surface area contributed by atoms with Crippen molar-refractivity contribution in [3.8, 4) is 0 Å². The van der Waals surface area contributed by atoms with Crippen LogP contribution < -0.4 is 10.6 Å². The predicted molar refractivity (Wildman–Crippen MR) is 99.0 cm³/mol. The molecule has 5 heteroatoms. The maximum absolute atomic E-state index is 11.8. The number of carbonyl (C=O) groups is 1. The summed E-state index contributed by atoms with van der Waals surface area (Å²) >= 11 is 0. The summed E-state index contributed by atoms with van der Waals surface area (Å²) in [5.74, 6) is 0.785. The minimum Gasteiger partial charge on any atom is -0.354 e. The molecule has 1 aliphatic rings. The van der Waals surface area contributed by atoms with Crippen LogP contribution in [-0.2, 0) is 17.8 Å². The van der Waals surface area contributed by atoms with Crippen molar-refractivity contribution >= 4 is 11.9 Å². The van der Waals surface area contributed by atoms with Gasteiger partial charge in [-0.3, -0.25) is 4.79 Å². The molecular weight excluding hydrogens is 300 g/mol. The van der Waals surface area contributed by atoms with Gasteiger partial charge in [0.1, 0.15) is 0 Å². The molecule has 5 nitrogen and oxygen atoms in total. The minimum atomic E-state index is 0.0462. The molecule has 2 rings (SSSR count). The number of nitrogens with zero attached hydrogens (tertiary/aromatic N) is 2. The van der Waals surface area contributed by atoms with Gasteiger partial charge in [-0.25, -0.2) is 4.99 Å². The number of hydrogen-bond donors (Lipinski definition) is 2. The lowest BCUT2D eigenvalue weighted by molar-refractivity contribution is -0.127. The van der Waals surface area contributed by atoms with Crippen molar-refractivity contribution in [3.63, 3.8) is 0 Å². The summed E-state index contributed by atoms with van der Waals surface area (Å²) in [6.07, 6.45) is 5.88. The SMILES string of the molecule is CCc1ccccc1CN=C(NCC(=O)N(C)C)NC1CCCC1. The average molecular weight is 330 g/mol. The molecule has 1 fully saturated rings. The second kappa shape index (κ2) is 9.30. The molecular formula is C19H30N4O. The van der Waals surface area contributed by atoms with E-state index in [-0.39, 0.29) is 12.5 Å². The molecule has 1 aromatic rings. The zero-order valence-electron chi connectivity index (χ0n) is 15.1. The molecule has 2 N–H and O–H groups in total. The zero-order valence-corrected chi connectivity index (χ0v) is 15.1. The van der Waals surface area contributed by atoms with Gasteiger partial charge in [0.2, 0.25) is 5.91 Å². The summed E-state index contributed by atoms with van der Waals surface area (Å²) < 4.78 is 0. The third kappa shape index (κ3) is 5.55. The molecule has 0 bridgehead atoms. The molecule has 0 radical (unpaired) electrons. The van der Waals surface area contributed by atoms with Gasteiger partial charge in [-0.1, -0.05) is 44.0 Å². The Bertz CT molecular complexity index is 562. The Morgan fingerprint density at radius 3 is 2.50 bits per heavy atom. The molecule has 0 aromatic heterocycles. The van der Waals surface area contributed by atoms with Crippen LogP contribution in [0.15, 0.2) is 29.3 Å². The number of nitrogens with one attached hydrogen (secondary N) is 2. The first-order valence-corrected chi connectivity index (χ1v) is 8.92. The third-order valence-electron chi connectivity index (χ3n) is 4.51. The molecule has 24 heavy (non-hydrogen) atoms. The Labute approximate surface area is 145 Å². The average Bonchev–Trinajstić information content (AvgIpc) is 3.10. The number of amides is 1. The quantitative estimate of drug-likeness (QED) is 0.622. The second-order valence-corrected chi connectivity index (χ2v) is 6.55. The molecule has 0 spiro atoms. The summed E-state index contributed by atoms with van der Waals surface area (Å²) in [4.78, 5) is 18.2. The number of guanidine groups is 1. The Morgan fingerprint density at radius 2 is 1.88 bits per heavy atom. The van der Waals surface area contributed by atoms with Crippen molar-refractivity contribution in [2.75, 3.05) is 20.6 Å². The summed E-state index contributed by atoms with van der Waals surface area (Å²) in [6, 6.07) is 8.86. The van der Waals surface area contributed by atoms with Gasteiger partial charge < -0.3 is 15.5 Å². The molecule has 0 atom stereocenters. The first-order valence-electron chi connectivity index (χ1n) is 8.92. The number of carbonyl (C=O) groups excluding carboxylic acids is 1. The fourth-order valence-corrected chi connectivity index (χ4v) is 2.95. The number of likely N-dealkylation sites (N-methyl/N-ethyl adjacent to an activating group) is 1. The van der Waals surface area contributed by atoms with Crippen molar-refractivity contribution in [2.24, 2.45) is 4.99 Å². The highest BCUT2D eigenvalue weighted by Crippen LogP contribution is 2.17. The zero-order chi connectivity index (χ0) is 17.4. The maximum atomic E-state index is 11.8. The van der Waals surface area contributed by atoms with Crippen LogP contribution in [0.2, 0.25) is 0 Å². The molecule has 1 amide bonds. The molecule has 132 valence electrons. The number of hydrogen-bond acceptors (Lipinski definition) is 2. The van der Waals surface area contributed by atoms with Crippen LogP contribution in [-0.4, -0.2) is 43.4 Å². The molecule has 1 aromatic carbocycles. The Kier molecular flexibility index (Phi) is 7.09. The Balaban J connectivity index is 2.03. The molecule has 0 heterocycles. The summed E-state index contributed by atoms with van der Waals surface area (Å²) in [5.41, 5.74) is 2.57. The topological polar surface area (TPSA) is 56.7 Å². The van der Waals surface area contributed by atoms with E-state index in [1.54, 1.807) is 19.0 Å². The van der Waals surface area contributed by atoms with E-state index in [1.807, 2.05) is 0 Å². The summed E-state index contributed by atoms with van der Waals surface area (Å²) in [5, 5.41) is 6.67. The summed E-state index contributed by atoms with van der Waals surface area (Å²) in [6.45, 7) is 3.05. The van der Waals surface area contributed by atoms with E-state index in [1.165, 1.54) is 36.8 Å². The van der Waals surface area contributed by atoms with E-state index in [2.05, 4.69) is 41.8 Å². The highest BCUT2D eigenvalue weighted by molar-refractivity contribution is 5.86. The fraction of sp³-hybridized carbons (Fsp3) is 0.579. The molecule has 0 aliphatic heterocycles. The van der Waals surface area contributed by atoms with E-state index >= 15 is 0 Å². The Hall–Kier alpha value is -2.04. The van der Waals surface area contributed by atoms with Crippen LogP contribution in [0.25, 0.3) is 0 Å². The van der Waals surface area contributed by atoms with Gasteiger partial charge in [-0.2, -0.15) is 0 Å². The van der Waals surface area contributed by atoms with Crippen LogP contribution >= 0.6 is 0 Å². The maximum Gasteiger partial charge on any atom is 0.241 e. The highest BCUT2D eigenvalue weighted by atomic mass is 16.2. The predicted octanol–water partition coefficient (Wildman–Crippen LogP) is 2.31. The van der Waals surface area contributed by atoms with Gasteiger partial charge in [0.05, 0.1) is 13.1 Å². The molecule has 1 saturated carbocycles. The van der Waals surface area contributed by atoms with E-state index in [0.717, 1.165) is 12.4 Å². The smallest absolute Gasteiger partial charge is 0.241 e. The lowest BCUT2D eigenvalue weighted by Gasteiger charge is -2.18. The van der Waals surface area contributed by atoms with Crippen LogP contribution in [0.4, 0.5) is 0 Å².